The second-order valence-electron chi connectivity index (χ2n) is 4.99. The fraction of sp³-hybridized carbons (Fsp3) is 0.0588. The largest absolute Gasteiger partial charge is 0.360 e. The maximum atomic E-state index is 12.7. The van der Waals surface area contributed by atoms with Gasteiger partial charge in [-0.1, -0.05) is 46.6 Å². The predicted molar refractivity (Wildman–Crippen MR) is 98.8 cm³/mol. The molecule has 1 amide bonds. The topological polar surface area (TPSA) is 55.1 Å². The summed E-state index contributed by atoms with van der Waals surface area (Å²) in [6, 6.07) is 12.4. The normalized spacial score (nSPS) is 10.7. The Bertz CT molecular complexity index is 904. The van der Waals surface area contributed by atoms with Crippen molar-refractivity contribution in [1.82, 2.24) is 5.16 Å². The van der Waals surface area contributed by atoms with Crippen molar-refractivity contribution in [2.75, 3.05) is 5.32 Å². The van der Waals surface area contributed by atoms with Crippen molar-refractivity contribution in [3.8, 4) is 11.3 Å². The number of para-hydroxylation sites is 1. The third-order valence-electron chi connectivity index (χ3n) is 3.41. The average Bonchev–Trinajstić information content (AvgIpc) is 2.91. The van der Waals surface area contributed by atoms with Gasteiger partial charge in [-0.25, -0.2) is 0 Å². The first-order valence-corrected chi connectivity index (χ1v) is 8.50. The molecule has 1 aromatic heterocycles. The first-order chi connectivity index (χ1) is 11.5. The average molecular weight is 426 g/mol. The molecule has 0 saturated heterocycles. The summed E-state index contributed by atoms with van der Waals surface area (Å²) in [7, 11) is 0. The second kappa shape index (κ2) is 6.97. The Hall–Kier alpha value is -1.82. The van der Waals surface area contributed by atoms with E-state index in [0.29, 0.717) is 38.3 Å². The molecule has 1 N–H and O–H groups in total. The first kappa shape index (κ1) is 17.0. The Morgan fingerprint density at radius 3 is 2.46 bits per heavy atom. The number of nitrogens with one attached hydrogen (secondary N) is 1. The van der Waals surface area contributed by atoms with Crippen molar-refractivity contribution in [2.24, 2.45) is 0 Å². The Morgan fingerprint density at radius 1 is 1.12 bits per heavy atom. The van der Waals surface area contributed by atoms with Crippen LogP contribution in [0.5, 0.6) is 0 Å². The highest BCUT2D eigenvalue weighted by Crippen LogP contribution is 2.37. The standard InChI is InChI=1S/C17H11BrCl2N2O2/c1-9-14(17(23)21-13-8-3-2-5-10(13)18)16(22-24-9)15-11(19)6-4-7-12(15)20/h2-8H,1H3,(H,21,23). The van der Waals surface area contributed by atoms with Crippen molar-refractivity contribution >= 4 is 50.7 Å². The second-order valence-corrected chi connectivity index (χ2v) is 6.66. The molecule has 3 rings (SSSR count). The van der Waals surface area contributed by atoms with Gasteiger partial charge >= 0.3 is 0 Å². The predicted octanol–water partition coefficient (Wildman–Crippen LogP) is 5.97. The number of benzene rings is 2. The van der Waals surface area contributed by atoms with E-state index in [2.05, 4.69) is 26.4 Å². The highest BCUT2D eigenvalue weighted by molar-refractivity contribution is 9.10. The maximum absolute atomic E-state index is 12.7. The van der Waals surface area contributed by atoms with Gasteiger partial charge in [0.05, 0.1) is 15.7 Å². The lowest BCUT2D eigenvalue weighted by Crippen LogP contribution is -2.14. The summed E-state index contributed by atoms with van der Waals surface area (Å²) in [6.45, 7) is 1.66. The van der Waals surface area contributed by atoms with Crippen molar-refractivity contribution < 1.29 is 9.32 Å². The molecule has 0 aliphatic carbocycles. The summed E-state index contributed by atoms with van der Waals surface area (Å²) in [5.74, 6) is 0.0252. The smallest absolute Gasteiger partial charge is 0.261 e. The zero-order valence-corrected chi connectivity index (χ0v) is 15.5. The molecular weight excluding hydrogens is 415 g/mol. The van der Waals surface area contributed by atoms with E-state index < -0.39 is 0 Å². The summed E-state index contributed by atoms with van der Waals surface area (Å²) in [6.07, 6.45) is 0. The van der Waals surface area contributed by atoms with Gasteiger partial charge in [-0.15, -0.1) is 0 Å². The number of amides is 1. The van der Waals surface area contributed by atoms with E-state index in [-0.39, 0.29) is 5.91 Å². The fourth-order valence-corrected chi connectivity index (χ4v) is 3.24. The Morgan fingerprint density at radius 2 is 1.79 bits per heavy atom. The molecule has 3 aromatic rings. The van der Waals surface area contributed by atoms with E-state index in [1.165, 1.54) is 0 Å². The monoisotopic (exact) mass is 424 g/mol. The molecular formula is C17H11BrCl2N2O2. The third kappa shape index (κ3) is 3.20. The molecule has 0 fully saturated rings. The highest BCUT2D eigenvalue weighted by atomic mass is 79.9. The van der Waals surface area contributed by atoms with Gasteiger partial charge in [0.2, 0.25) is 0 Å². The Kier molecular flexibility index (Phi) is 4.94. The van der Waals surface area contributed by atoms with Crippen molar-refractivity contribution in [1.29, 1.82) is 0 Å². The van der Waals surface area contributed by atoms with Crippen LogP contribution in [0, 0.1) is 6.92 Å². The number of anilines is 1. The van der Waals surface area contributed by atoms with Gasteiger partial charge in [0.15, 0.2) is 0 Å². The van der Waals surface area contributed by atoms with Crippen molar-refractivity contribution in [2.45, 2.75) is 6.92 Å². The SMILES string of the molecule is Cc1onc(-c2c(Cl)cccc2Cl)c1C(=O)Nc1ccccc1Br. The molecule has 0 saturated carbocycles. The molecule has 24 heavy (non-hydrogen) atoms. The molecule has 7 heteroatoms. The van der Waals surface area contributed by atoms with Crippen LogP contribution in [0.25, 0.3) is 11.3 Å². The number of aromatic nitrogens is 1. The Balaban J connectivity index is 2.05. The number of hydrogen-bond acceptors (Lipinski definition) is 3. The molecule has 0 unspecified atom stereocenters. The van der Waals surface area contributed by atoms with E-state index in [1.54, 1.807) is 31.2 Å². The molecule has 1 heterocycles. The van der Waals surface area contributed by atoms with Crippen molar-refractivity contribution in [3.05, 3.63) is 68.3 Å². The van der Waals surface area contributed by atoms with E-state index in [4.69, 9.17) is 27.7 Å². The van der Waals surface area contributed by atoms with Gasteiger partial charge in [-0.2, -0.15) is 0 Å². The van der Waals surface area contributed by atoms with Gasteiger partial charge in [0, 0.05) is 10.0 Å². The number of aryl methyl sites for hydroxylation is 1. The Labute approximate surface area is 156 Å². The summed E-state index contributed by atoms with van der Waals surface area (Å²) >= 11 is 15.9. The number of hydrogen-bond donors (Lipinski definition) is 1. The number of halogens is 3. The first-order valence-electron chi connectivity index (χ1n) is 6.95. The summed E-state index contributed by atoms with van der Waals surface area (Å²) in [5, 5.41) is 7.60. The molecule has 0 spiro atoms. The lowest BCUT2D eigenvalue weighted by atomic mass is 10.1. The van der Waals surface area contributed by atoms with Gasteiger partial charge in [-0.3, -0.25) is 4.79 Å². The fourth-order valence-electron chi connectivity index (χ4n) is 2.28. The number of rotatable bonds is 3. The molecule has 2 aromatic carbocycles. The number of carbonyl (C=O) groups excluding carboxylic acids is 1. The van der Waals surface area contributed by atoms with Gasteiger partial charge < -0.3 is 9.84 Å². The minimum Gasteiger partial charge on any atom is -0.360 e. The molecule has 122 valence electrons. The minimum atomic E-state index is -0.355. The van der Waals surface area contributed by atoms with Crippen LogP contribution in [0.15, 0.2) is 51.5 Å². The summed E-state index contributed by atoms with van der Waals surface area (Å²) < 4.78 is 5.98. The molecule has 0 bridgehead atoms. The van der Waals surface area contributed by atoms with Crippen LogP contribution in [0.1, 0.15) is 16.1 Å². The van der Waals surface area contributed by atoms with E-state index >= 15 is 0 Å². The highest BCUT2D eigenvalue weighted by Gasteiger charge is 2.25. The maximum Gasteiger partial charge on any atom is 0.261 e. The summed E-state index contributed by atoms with van der Waals surface area (Å²) in [5.41, 5.74) is 1.71. The van der Waals surface area contributed by atoms with Crippen molar-refractivity contribution in [3.63, 3.8) is 0 Å². The van der Waals surface area contributed by atoms with Crippen LogP contribution >= 0.6 is 39.1 Å². The summed E-state index contributed by atoms with van der Waals surface area (Å²) in [4.78, 5) is 12.7. The zero-order chi connectivity index (χ0) is 17.3. The molecule has 4 nitrogen and oxygen atoms in total. The quantitative estimate of drug-likeness (QED) is 0.562. The van der Waals surface area contributed by atoms with Gasteiger partial charge in [-0.05, 0) is 47.1 Å². The lowest BCUT2D eigenvalue weighted by Gasteiger charge is -2.09. The van der Waals surface area contributed by atoms with Crippen LogP contribution in [0.4, 0.5) is 5.69 Å². The third-order valence-corrected chi connectivity index (χ3v) is 4.73. The lowest BCUT2D eigenvalue weighted by molar-refractivity contribution is 0.102. The molecule has 0 aliphatic rings. The van der Waals surface area contributed by atoms with Gasteiger partial charge in [0.25, 0.3) is 5.91 Å². The van der Waals surface area contributed by atoms with Crippen LogP contribution < -0.4 is 5.32 Å². The van der Waals surface area contributed by atoms with E-state index in [0.717, 1.165) is 4.47 Å². The van der Waals surface area contributed by atoms with E-state index in [1.807, 2.05) is 18.2 Å². The molecule has 0 radical (unpaired) electrons. The van der Waals surface area contributed by atoms with Crippen LogP contribution in [-0.4, -0.2) is 11.1 Å². The molecule has 0 atom stereocenters. The van der Waals surface area contributed by atoms with E-state index in [9.17, 15) is 4.79 Å². The van der Waals surface area contributed by atoms with Crippen LogP contribution in [0.2, 0.25) is 10.0 Å². The molecule has 0 aliphatic heterocycles. The van der Waals surface area contributed by atoms with Crippen LogP contribution in [-0.2, 0) is 0 Å². The zero-order valence-electron chi connectivity index (χ0n) is 12.4. The number of carbonyl (C=O) groups is 1. The number of nitrogens with zero attached hydrogens (tertiary/aromatic N) is 1. The van der Waals surface area contributed by atoms with Gasteiger partial charge in [0.1, 0.15) is 17.0 Å². The van der Waals surface area contributed by atoms with Crippen LogP contribution in [0.3, 0.4) is 0 Å². The minimum absolute atomic E-state index is 0.292.